The zero-order chi connectivity index (χ0) is 13.8. The highest BCUT2D eigenvalue weighted by Gasteiger charge is 2.10. The number of carbonyl (C=O) groups is 2. The highest BCUT2D eigenvalue weighted by Crippen LogP contribution is 2.21. The van der Waals surface area contributed by atoms with Gasteiger partial charge in [0, 0.05) is 11.9 Å². The molecule has 0 atom stereocenters. The van der Waals surface area contributed by atoms with Crippen LogP contribution in [0.1, 0.15) is 25.7 Å². The average Bonchev–Trinajstić information content (AvgIpc) is 2.83. The van der Waals surface area contributed by atoms with Crippen LogP contribution in [0.25, 0.3) is 0 Å². The van der Waals surface area contributed by atoms with Gasteiger partial charge in [-0.25, -0.2) is 0 Å². The Morgan fingerprint density at radius 2 is 1.89 bits per heavy atom. The van der Waals surface area contributed by atoms with Gasteiger partial charge < -0.3 is 0 Å². The van der Waals surface area contributed by atoms with Crippen molar-refractivity contribution in [3.63, 3.8) is 0 Å². The quantitative estimate of drug-likeness (QED) is 0.824. The topological polar surface area (TPSA) is 71.1 Å². The second-order valence-corrected chi connectivity index (χ2v) is 6.16. The molecule has 2 N–H and O–H groups in total. The average molecular weight is 340 g/mol. The number of thiophene rings is 1. The SMILES string of the molecule is Cc1ccc(C(=O)NNC(=O)c2ccc(Br)s2)cn1. The normalized spacial score (nSPS) is 10.0. The third-order valence-corrected chi connectivity index (χ3v) is 3.88. The Balaban J connectivity index is 1.93. The van der Waals surface area contributed by atoms with Crippen LogP contribution in [0.4, 0.5) is 0 Å². The fourth-order valence-corrected chi connectivity index (χ4v) is 2.57. The van der Waals surface area contributed by atoms with Crippen LogP contribution in [0.5, 0.6) is 0 Å². The summed E-state index contributed by atoms with van der Waals surface area (Å²) in [5.41, 5.74) is 5.90. The van der Waals surface area contributed by atoms with Gasteiger partial charge >= 0.3 is 0 Å². The first kappa shape index (κ1) is 13.7. The number of aromatic nitrogens is 1. The minimum absolute atomic E-state index is 0.357. The van der Waals surface area contributed by atoms with E-state index in [9.17, 15) is 9.59 Å². The first-order chi connectivity index (χ1) is 9.06. The van der Waals surface area contributed by atoms with E-state index in [4.69, 9.17) is 0 Å². The lowest BCUT2D eigenvalue weighted by Crippen LogP contribution is -2.41. The molecule has 0 aliphatic carbocycles. The zero-order valence-electron chi connectivity index (χ0n) is 9.94. The number of hydrazine groups is 1. The summed E-state index contributed by atoms with van der Waals surface area (Å²) in [6, 6.07) is 6.81. The number of aryl methyl sites for hydroxylation is 1. The lowest BCUT2D eigenvalue weighted by Gasteiger charge is -2.06. The summed E-state index contributed by atoms with van der Waals surface area (Å²) in [5, 5.41) is 0. The largest absolute Gasteiger partial charge is 0.279 e. The van der Waals surface area contributed by atoms with Crippen LogP contribution in [0.15, 0.2) is 34.2 Å². The molecule has 7 heteroatoms. The highest BCUT2D eigenvalue weighted by atomic mass is 79.9. The fourth-order valence-electron chi connectivity index (χ4n) is 1.29. The molecule has 2 heterocycles. The molecule has 0 fully saturated rings. The first-order valence-corrected chi connectivity index (χ1v) is 6.96. The van der Waals surface area contributed by atoms with Crippen molar-refractivity contribution < 1.29 is 9.59 Å². The monoisotopic (exact) mass is 339 g/mol. The molecule has 0 radical (unpaired) electrons. The van der Waals surface area contributed by atoms with Crippen molar-refractivity contribution in [2.45, 2.75) is 6.92 Å². The molecular formula is C12H10BrN3O2S. The third-order valence-electron chi connectivity index (χ3n) is 2.26. The lowest BCUT2D eigenvalue weighted by molar-refractivity contribution is 0.0848. The number of amides is 2. The van der Waals surface area contributed by atoms with Crippen molar-refractivity contribution in [3.8, 4) is 0 Å². The van der Waals surface area contributed by atoms with Gasteiger partial charge in [-0.15, -0.1) is 11.3 Å². The van der Waals surface area contributed by atoms with Crippen LogP contribution in [-0.2, 0) is 0 Å². The molecule has 0 saturated carbocycles. The van der Waals surface area contributed by atoms with E-state index in [2.05, 4.69) is 31.8 Å². The van der Waals surface area contributed by atoms with Gasteiger partial charge in [-0.05, 0) is 47.1 Å². The Morgan fingerprint density at radius 1 is 1.16 bits per heavy atom. The molecule has 0 aliphatic rings. The van der Waals surface area contributed by atoms with Crippen molar-refractivity contribution in [2.24, 2.45) is 0 Å². The smallest absolute Gasteiger partial charge is 0.267 e. The van der Waals surface area contributed by atoms with Crippen LogP contribution >= 0.6 is 27.3 Å². The molecule has 2 aromatic rings. The standard InChI is InChI=1S/C12H10BrN3O2S/c1-7-2-3-8(6-14-7)11(17)15-16-12(18)9-4-5-10(13)19-9/h2-6H,1H3,(H,15,17)(H,16,18). The van der Waals surface area contributed by atoms with Crippen LogP contribution < -0.4 is 10.9 Å². The van der Waals surface area contributed by atoms with E-state index < -0.39 is 5.91 Å². The summed E-state index contributed by atoms with van der Waals surface area (Å²) in [7, 11) is 0. The van der Waals surface area contributed by atoms with E-state index >= 15 is 0 Å². The molecule has 0 bridgehead atoms. The molecule has 0 saturated heterocycles. The van der Waals surface area contributed by atoms with Crippen molar-refractivity contribution >= 4 is 39.1 Å². The lowest BCUT2D eigenvalue weighted by atomic mass is 10.2. The number of halogens is 1. The summed E-state index contributed by atoms with van der Waals surface area (Å²) >= 11 is 4.55. The summed E-state index contributed by atoms with van der Waals surface area (Å²) in [6.45, 7) is 1.83. The number of hydrogen-bond donors (Lipinski definition) is 2. The zero-order valence-corrected chi connectivity index (χ0v) is 12.3. The van der Waals surface area contributed by atoms with Gasteiger partial charge in [-0.2, -0.15) is 0 Å². The van der Waals surface area contributed by atoms with Gasteiger partial charge in [0.15, 0.2) is 0 Å². The molecule has 2 amide bonds. The van der Waals surface area contributed by atoms with Gasteiger partial charge in [0.1, 0.15) is 0 Å². The van der Waals surface area contributed by atoms with E-state index in [1.165, 1.54) is 17.5 Å². The molecule has 0 aliphatic heterocycles. The fraction of sp³-hybridized carbons (Fsp3) is 0.0833. The van der Waals surface area contributed by atoms with E-state index in [1.807, 2.05) is 6.92 Å². The molecule has 98 valence electrons. The predicted octanol–water partition coefficient (Wildman–Crippen LogP) is 2.29. The maximum Gasteiger partial charge on any atom is 0.279 e. The summed E-state index contributed by atoms with van der Waals surface area (Å²) in [5.74, 6) is -0.763. The predicted molar refractivity (Wildman–Crippen MR) is 75.9 cm³/mol. The van der Waals surface area contributed by atoms with E-state index in [0.29, 0.717) is 10.4 Å². The molecule has 2 aromatic heterocycles. The number of nitrogens with one attached hydrogen (secondary N) is 2. The number of carbonyl (C=O) groups excluding carboxylic acids is 2. The second-order valence-electron chi connectivity index (χ2n) is 3.70. The number of pyridine rings is 1. The Kier molecular flexibility index (Phi) is 4.28. The minimum Gasteiger partial charge on any atom is -0.267 e. The Bertz CT molecular complexity index is 610. The van der Waals surface area contributed by atoms with E-state index in [-0.39, 0.29) is 5.91 Å². The van der Waals surface area contributed by atoms with Gasteiger partial charge in [0.2, 0.25) is 0 Å². The maximum absolute atomic E-state index is 11.7. The van der Waals surface area contributed by atoms with Gasteiger partial charge in [-0.1, -0.05) is 0 Å². The van der Waals surface area contributed by atoms with Crippen molar-refractivity contribution in [1.29, 1.82) is 0 Å². The minimum atomic E-state index is -0.406. The molecule has 2 rings (SSSR count). The number of rotatable bonds is 2. The van der Waals surface area contributed by atoms with Crippen LogP contribution in [0, 0.1) is 6.92 Å². The molecule has 0 aromatic carbocycles. The maximum atomic E-state index is 11.7. The molecular weight excluding hydrogens is 330 g/mol. The molecule has 19 heavy (non-hydrogen) atoms. The van der Waals surface area contributed by atoms with Crippen molar-refractivity contribution in [3.05, 3.63) is 50.4 Å². The number of nitrogens with zero attached hydrogens (tertiary/aromatic N) is 1. The van der Waals surface area contributed by atoms with Crippen molar-refractivity contribution in [2.75, 3.05) is 0 Å². The Labute approximate surface area is 122 Å². The van der Waals surface area contributed by atoms with E-state index in [0.717, 1.165) is 9.48 Å². The first-order valence-electron chi connectivity index (χ1n) is 5.35. The van der Waals surface area contributed by atoms with E-state index in [1.54, 1.807) is 24.3 Å². The van der Waals surface area contributed by atoms with Gasteiger partial charge in [0.05, 0.1) is 14.2 Å². The highest BCUT2D eigenvalue weighted by molar-refractivity contribution is 9.11. The molecule has 0 spiro atoms. The van der Waals surface area contributed by atoms with Crippen LogP contribution in [0.3, 0.4) is 0 Å². The van der Waals surface area contributed by atoms with Crippen LogP contribution in [-0.4, -0.2) is 16.8 Å². The number of hydrogen-bond acceptors (Lipinski definition) is 4. The summed E-state index contributed by atoms with van der Waals surface area (Å²) < 4.78 is 0.853. The second kappa shape index (κ2) is 5.94. The van der Waals surface area contributed by atoms with Gasteiger partial charge in [-0.3, -0.25) is 25.4 Å². The van der Waals surface area contributed by atoms with Gasteiger partial charge in [0.25, 0.3) is 11.8 Å². The van der Waals surface area contributed by atoms with Crippen LogP contribution in [0.2, 0.25) is 0 Å². The summed E-state index contributed by atoms with van der Waals surface area (Å²) in [6.07, 6.45) is 1.46. The molecule has 5 nitrogen and oxygen atoms in total. The molecule has 0 unspecified atom stereocenters. The third kappa shape index (κ3) is 3.62. The van der Waals surface area contributed by atoms with Crippen molar-refractivity contribution in [1.82, 2.24) is 15.8 Å². The Morgan fingerprint density at radius 3 is 2.47 bits per heavy atom. The summed E-state index contributed by atoms with van der Waals surface area (Å²) in [4.78, 5) is 27.9. The Hall–Kier alpha value is -1.73.